The Morgan fingerprint density at radius 3 is 2.61 bits per heavy atom. The van der Waals surface area contributed by atoms with Gasteiger partial charge in [0.15, 0.2) is 0 Å². The Balaban J connectivity index is 1.50. The zero-order valence-corrected chi connectivity index (χ0v) is 15.7. The van der Waals surface area contributed by atoms with Crippen molar-refractivity contribution in [2.24, 2.45) is 0 Å². The molecule has 0 aliphatic carbocycles. The Kier molecular flexibility index (Phi) is 5.01. The molecule has 0 spiro atoms. The summed E-state index contributed by atoms with van der Waals surface area (Å²) in [7, 11) is -3.66. The first kappa shape index (κ1) is 18.5. The molecule has 0 amide bonds. The van der Waals surface area contributed by atoms with Gasteiger partial charge in [-0.15, -0.1) is 0 Å². The van der Waals surface area contributed by atoms with E-state index in [-0.39, 0.29) is 10.8 Å². The molecule has 1 aliphatic rings. The van der Waals surface area contributed by atoms with E-state index in [9.17, 15) is 12.8 Å². The maximum atomic E-state index is 13.1. The van der Waals surface area contributed by atoms with Crippen molar-refractivity contribution in [1.29, 1.82) is 0 Å². The summed E-state index contributed by atoms with van der Waals surface area (Å²) in [6.07, 6.45) is 3.96. The number of nitrogens with one attached hydrogen (secondary N) is 1. The lowest BCUT2D eigenvalue weighted by Gasteiger charge is -2.16. The van der Waals surface area contributed by atoms with Gasteiger partial charge in [0.1, 0.15) is 11.6 Å². The Morgan fingerprint density at radius 1 is 1.04 bits per heavy atom. The molecular formula is C19H18FN5O2S. The van der Waals surface area contributed by atoms with Crippen LogP contribution in [0.25, 0.3) is 0 Å². The molecule has 0 unspecified atom stereocenters. The molecular weight excluding hydrogens is 381 g/mol. The van der Waals surface area contributed by atoms with Gasteiger partial charge in [-0.3, -0.25) is 0 Å². The SMILES string of the molecule is O=S(=O)(c1ccc(F)cc1)N1CC[C@H](c2ccnc(Nc3ccccn3)n2)C1. The van der Waals surface area contributed by atoms with Crippen molar-refractivity contribution in [2.75, 3.05) is 18.4 Å². The van der Waals surface area contributed by atoms with Gasteiger partial charge in [0.05, 0.1) is 10.6 Å². The Hall–Kier alpha value is -2.91. The number of rotatable bonds is 5. The topological polar surface area (TPSA) is 88.1 Å². The molecule has 2 aromatic heterocycles. The monoisotopic (exact) mass is 399 g/mol. The van der Waals surface area contributed by atoms with Crippen molar-refractivity contribution in [3.05, 3.63) is 72.4 Å². The fraction of sp³-hybridized carbons (Fsp3) is 0.211. The predicted octanol–water partition coefficient (Wildman–Crippen LogP) is 2.93. The molecule has 0 saturated carbocycles. The van der Waals surface area contributed by atoms with Crippen LogP contribution < -0.4 is 5.32 Å². The van der Waals surface area contributed by atoms with Crippen molar-refractivity contribution < 1.29 is 12.8 Å². The van der Waals surface area contributed by atoms with E-state index in [1.165, 1.54) is 16.4 Å². The number of halogens is 1. The van der Waals surface area contributed by atoms with Crippen LogP contribution in [0.3, 0.4) is 0 Å². The number of anilines is 2. The van der Waals surface area contributed by atoms with E-state index < -0.39 is 15.8 Å². The average Bonchev–Trinajstić information content (AvgIpc) is 3.21. The van der Waals surface area contributed by atoms with E-state index in [4.69, 9.17) is 0 Å². The van der Waals surface area contributed by atoms with E-state index in [2.05, 4.69) is 20.3 Å². The number of pyridine rings is 1. The number of aromatic nitrogens is 3. The Labute approximate surface area is 162 Å². The predicted molar refractivity (Wildman–Crippen MR) is 102 cm³/mol. The van der Waals surface area contributed by atoms with Gasteiger partial charge in [0, 0.05) is 31.4 Å². The van der Waals surface area contributed by atoms with Crippen molar-refractivity contribution >= 4 is 21.8 Å². The number of benzene rings is 1. The van der Waals surface area contributed by atoms with Crippen molar-refractivity contribution in [1.82, 2.24) is 19.3 Å². The molecule has 1 atom stereocenters. The molecule has 144 valence electrons. The molecule has 1 fully saturated rings. The van der Waals surface area contributed by atoms with E-state index in [0.29, 0.717) is 31.3 Å². The molecule has 9 heteroatoms. The molecule has 1 aromatic carbocycles. The molecule has 1 aliphatic heterocycles. The van der Waals surface area contributed by atoms with Gasteiger partial charge in [-0.1, -0.05) is 6.07 Å². The number of hydrogen-bond acceptors (Lipinski definition) is 6. The third-order valence-electron chi connectivity index (χ3n) is 4.60. The lowest BCUT2D eigenvalue weighted by atomic mass is 10.1. The molecule has 3 heterocycles. The standard InChI is InChI=1S/C19H18FN5O2S/c20-15-4-6-16(7-5-15)28(26,27)25-12-9-14(13-25)17-8-11-22-19(23-17)24-18-3-1-2-10-21-18/h1-8,10-11,14H,9,12-13H2,(H,21,22,23,24)/t14-/m0/s1. The van der Waals surface area contributed by atoms with Gasteiger partial charge in [-0.2, -0.15) is 4.31 Å². The summed E-state index contributed by atoms with van der Waals surface area (Å²) >= 11 is 0. The van der Waals surface area contributed by atoms with Crippen molar-refractivity contribution in [3.63, 3.8) is 0 Å². The molecule has 0 radical (unpaired) electrons. The Morgan fingerprint density at radius 2 is 1.86 bits per heavy atom. The van der Waals surface area contributed by atoms with Crippen molar-refractivity contribution in [2.45, 2.75) is 17.2 Å². The van der Waals surface area contributed by atoms with Crippen LogP contribution in [-0.4, -0.2) is 40.8 Å². The first-order chi connectivity index (χ1) is 13.5. The first-order valence-electron chi connectivity index (χ1n) is 8.79. The summed E-state index contributed by atoms with van der Waals surface area (Å²) < 4.78 is 40.1. The van der Waals surface area contributed by atoms with Gasteiger partial charge >= 0.3 is 0 Å². The second kappa shape index (κ2) is 7.61. The largest absolute Gasteiger partial charge is 0.309 e. The van der Waals surface area contributed by atoms with Crippen LogP contribution in [0, 0.1) is 5.82 Å². The lowest BCUT2D eigenvalue weighted by molar-refractivity contribution is 0.472. The average molecular weight is 399 g/mol. The summed E-state index contributed by atoms with van der Waals surface area (Å²) in [5.41, 5.74) is 0.769. The minimum Gasteiger partial charge on any atom is -0.309 e. The minimum absolute atomic E-state index is 0.0393. The fourth-order valence-corrected chi connectivity index (χ4v) is 4.66. The maximum absolute atomic E-state index is 13.1. The van der Waals surface area contributed by atoms with Crippen LogP contribution in [0.15, 0.2) is 65.8 Å². The molecule has 7 nitrogen and oxygen atoms in total. The van der Waals surface area contributed by atoms with Crippen molar-refractivity contribution in [3.8, 4) is 0 Å². The highest BCUT2D eigenvalue weighted by atomic mass is 32.2. The smallest absolute Gasteiger partial charge is 0.243 e. The summed E-state index contributed by atoms with van der Waals surface area (Å²) in [6, 6.07) is 12.2. The zero-order valence-electron chi connectivity index (χ0n) is 14.9. The first-order valence-corrected chi connectivity index (χ1v) is 10.2. The summed E-state index contributed by atoms with van der Waals surface area (Å²) in [5, 5.41) is 3.04. The normalized spacial score (nSPS) is 17.5. The fourth-order valence-electron chi connectivity index (χ4n) is 3.16. The number of hydrogen-bond donors (Lipinski definition) is 1. The third kappa shape index (κ3) is 3.85. The minimum atomic E-state index is -3.66. The van der Waals surface area contributed by atoms with Gasteiger partial charge in [-0.05, 0) is 48.9 Å². The molecule has 4 rings (SSSR count). The summed E-state index contributed by atoms with van der Waals surface area (Å²) in [4.78, 5) is 13.0. The van der Waals surface area contributed by atoms with Crippen LogP contribution in [0.2, 0.25) is 0 Å². The maximum Gasteiger partial charge on any atom is 0.243 e. The summed E-state index contributed by atoms with van der Waals surface area (Å²) in [6.45, 7) is 0.705. The van der Waals surface area contributed by atoms with Crippen LogP contribution in [0.4, 0.5) is 16.2 Å². The quantitative estimate of drug-likeness (QED) is 0.710. The van der Waals surface area contributed by atoms with Gasteiger partial charge in [0.25, 0.3) is 0 Å². The van der Waals surface area contributed by atoms with E-state index >= 15 is 0 Å². The highest BCUT2D eigenvalue weighted by Crippen LogP contribution is 2.30. The highest BCUT2D eigenvalue weighted by molar-refractivity contribution is 7.89. The number of sulfonamides is 1. The van der Waals surface area contributed by atoms with Gasteiger partial charge in [-0.25, -0.2) is 27.8 Å². The van der Waals surface area contributed by atoms with Crippen LogP contribution in [0.1, 0.15) is 18.0 Å². The number of nitrogens with zero attached hydrogens (tertiary/aromatic N) is 4. The lowest BCUT2D eigenvalue weighted by Crippen LogP contribution is -2.28. The highest BCUT2D eigenvalue weighted by Gasteiger charge is 2.34. The van der Waals surface area contributed by atoms with E-state index in [0.717, 1.165) is 17.8 Å². The van der Waals surface area contributed by atoms with Gasteiger partial charge in [0.2, 0.25) is 16.0 Å². The zero-order chi connectivity index (χ0) is 19.6. The second-order valence-electron chi connectivity index (χ2n) is 6.45. The summed E-state index contributed by atoms with van der Waals surface area (Å²) in [5.74, 6) is 0.539. The van der Waals surface area contributed by atoms with E-state index in [1.807, 2.05) is 18.2 Å². The molecule has 1 N–H and O–H groups in total. The van der Waals surface area contributed by atoms with Crippen LogP contribution >= 0.6 is 0 Å². The molecule has 3 aromatic rings. The Bertz CT molecular complexity index is 1060. The third-order valence-corrected chi connectivity index (χ3v) is 6.48. The molecule has 28 heavy (non-hydrogen) atoms. The van der Waals surface area contributed by atoms with Gasteiger partial charge < -0.3 is 5.32 Å². The second-order valence-corrected chi connectivity index (χ2v) is 8.39. The molecule has 1 saturated heterocycles. The molecule has 0 bridgehead atoms. The van der Waals surface area contributed by atoms with E-state index in [1.54, 1.807) is 18.5 Å². The van der Waals surface area contributed by atoms with Crippen LogP contribution in [0.5, 0.6) is 0 Å². The van der Waals surface area contributed by atoms with Crippen LogP contribution in [-0.2, 0) is 10.0 Å².